The molecule has 1 nitrogen and oxygen atoms in total. The van der Waals surface area contributed by atoms with E-state index in [0.29, 0.717) is 0 Å². The summed E-state index contributed by atoms with van der Waals surface area (Å²) in [7, 11) is 0. The fraction of sp³-hybridized carbons (Fsp3) is 1.00. The molecule has 1 unspecified atom stereocenters. The lowest BCUT2D eigenvalue weighted by Crippen LogP contribution is -2.21. The van der Waals surface area contributed by atoms with Gasteiger partial charge < -0.3 is 5.32 Å². The van der Waals surface area contributed by atoms with Crippen molar-refractivity contribution in [1.82, 2.24) is 5.32 Å². The fourth-order valence-electron chi connectivity index (χ4n) is 1.47. The summed E-state index contributed by atoms with van der Waals surface area (Å²) < 4.78 is 0. The summed E-state index contributed by atoms with van der Waals surface area (Å²) in [5, 5.41) is 3.48. The van der Waals surface area contributed by atoms with Crippen LogP contribution >= 0.6 is 11.8 Å². The Hall–Kier alpha value is 0.310. The van der Waals surface area contributed by atoms with E-state index in [9.17, 15) is 0 Å². The van der Waals surface area contributed by atoms with Crippen molar-refractivity contribution in [3.8, 4) is 0 Å². The molecule has 2 heteroatoms. The fourth-order valence-corrected chi connectivity index (χ4v) is 2.17. The van der Waals surface area contributed by atoms with Gasteiger partial charge >= 0.3 is 0 Å². The molecular weight excluding hydrogens is 190 g/mol. The number of nitrogens with one attached hydrogen (secondary N) is 1. The minimum Gasteiger partial charge on any atom is -0.316 e. The Kier molecular flexibility index (Phi) is 11.6. The van der Waals surface area contributed by atoms with Gasteiger partial charge in [0.25, 0.3) is 0 Å². The lowest BCUT2D eigenvalue weighted by molar-refractivity contribution is 0.465. The molecule has 0 aromatic heterocycles. The van der Waals surface area contributed by atoms with Crippen molar-refractivity contribution in [3.05, 3.63) is 0 Å². The van der Waals surface area contributed by atoms with Crippen molar-refractivity contribution >= 4 is 11.8 Å². The molecule has 0 aliphatic heterocycles. The summed E-state index contributed by atoms with van der Waals surface area (Å²) >= 11 is 2.07. The molecule has 1 N–H and O–H groups in total. The molecule has 0 amide bonds. The second kappa shape index (κ2) is 11.4. The third-order valence-corrected chi connectivity index (χ3v) is 3.34. The Morgan fingerprint density at radius 3 is 2.64 bits per heavy atom. The first-order valence-electron chi connectivity index (χ1n) is 6.09. The molecule has 0 bridgehead atoms. The third-order valence-electron chi connectivity index (χ3n) is 2.36. The third kappa shape index (κ3) is 10.4. The molecule has 1 atom stereocenters. The van der Waals surface area contributed by atoms with Crippen molar-refractivity contribution in [2.24, 2.45) is 5.92 Å². The molecule has 0 spiro atoms. The highest BCUT2D eigenvalue weighted by Gasteiger charge is 2.00. The molecule has 86 valence electrons. The average Bonchev–Trinajstić information content (AvgIpc) is 2.18. The van der Waals surface area contributed by atoms with E-state index in [1.807, 2.05) is 0 Å². The average molecular weight is 217 g/mol. The van der Waals surface area contributed by atoms with Crippen molar-refractivity contribution < 1.29 is 0 Å². The zero-order valence-corrected chi connectivity index (χ0v) is 11.0. The summed E-state index contributed by atoms with van der Waals surface area (Å²) in [4.78, 5) is 0. The van der Waals surface area contributed by atoms with Gasteiger partial charge in [-0.2, -0.15) is 11.8 Å². The SMILES string of the molecule is CCCNCC(C)CCCCSCC. The lowest BCUT2D eigenvalue weighted by Gasteiger charge is -2.11. The van der Waals surface area contributed by atoms with Crippen LogP contribution in [0, 0.1) is 5.92 Å². The number of unbranched alkanes of at least 4 members (excludes halogenated alkanes) is 1. The van der Waals surface area contributed by atoms with Crippen LogP contribution in [0.2, 0.25) is 0 Å². The highest BCUT2D eigenvalue weighted by Crippen LogP contribution is 2.10. The van der Waals surface area contributed by atoms with E-state index < -0.39 is 0 Å². The molecule has 0 heterocycles. The molecule has 0 fully saturated rings. The Balaban J connectivity index is 3.06. The Bertz CT molecular complexity index is 106. The molecule has 0 aromatic rings. The van der Waals surface area contributed by atoms with Gasteiger partial charge in [-0.15, -0.1) is 0 Å². The number of hydrogen-bond donors (Lipinski definition) is 1. The van der Waals surface area contributed by atoms with Crippen LogP contribution in [-0.4, -0.2) is 24.6 Å². The zero-order chi connectivity index (χ0) is 10.6. The van der Waals surface area contributed by atoms with Crippen LogP contribution in [-0.2, 0) is 0 Å². The van der Waals surface area contributed by atoms with Crippen LogP contribution in [0.3, 0.4) is 0 Å². The zero-order valence-electron chi connectivity index (χ0n) is 10.1. The van der Waals surface area contributed by atoms with Gasteiger partial charge in [-0.1, -0.05) is 27.2 Å². The van der Waals surface area contributed by atoms with E-state index in [4.69, 9.17) is 0 Å². The van der Waals surface area contributed by atoms with Gasteiger partial charge in [0.15, 0.2) is 0 Å². The first kappa shape index (κ1) is 14.3. The van der Waals surface area contributed by atoms with Crippen molar-refractivity contribution in [2.45, 2.75) is 46.5 Å². The van der Waals surface area contributed by atoms with Crippen LogP contribution in [0.15, 0.2) is 0 Å². The first-order valence-corrected chi connectivity index (χ1v) is 7.25. The van der Waals surface area contributed by atoms with Gasteiger partial charge in [-0.25, -0.2) is 0 Å². The minimum atomic E-state index is 0.855. The molecule has 14 heavy (non-hydrogen) atoms. The number of hydrogen-bond acceptors (Lipinski definition) is 2. The van der Waals surface area contributed by atoms with Gasteiger partial charge in [-0.05, 0) is 49.8 Å². The first-order chi connectivity index (χ1) is 6.81. The lowest BCUT2D eigenvalue weighted by atomic mass is 10.0. The van der Waals surface area contributed by atoms with Gasteiger partial charge in [0, 0.05) is 0 Å². The van der Waals surface area contributed by atoms with Crippen molar-refractivity contribution in [3.63, 3.8) is 0 Å². The van der Waals surface area contributed by atoms with Crippen molar-refractivity contribution in [1.29, 1.82) is 0 Å². The predicted molar refractivity (Wildman–Crippen MR) is 69.2 cm³/mol. The Morgan fingerprint density at radius 1 is 1.21 bits per heavy atom. The number of thioether (sulfide) groups is 1. The van der Waals surface area contributed by atoms with Crippen LogP contribution in [0.4, 0.5) is 0 Å². The number of rotatable bonds is 10. The second-order valence-corrected chi connectivity index (χ2v) is 5.40. The smallest absolute Gasteiger partial charge is 0.00232 e. The molecule has 0 aromatic carbocycles. The minimum absolute atomic E-state index is 0.855. The van der Waals surface area contributed by atoms with Crippen LogP contribution < -0.4 is 5.32 Å². The summed E-state index contributed by atoms with van der Waals surface area (Å²) in [6.07, 6.45) is 5.44. The summed E-state index contributed by atoms with van der Waals surface area (Å²) in [5.74, 6) is 3.48. The van der Waals surface area contributed by atoms with E-state index >= 15 is 0 Å². The molecule has 0 saturated heterocycles. The quantitative estimate of drug-likeness (QED) is 0.562. The molecule has 0 aliphatic rings. The van der Waals surface area contributed by atoms with E-state index in [0.717, 1.165) is 5.92 Å². The van der Waals surface area contributed by atoms with E-state index in [-0.39, 0.29) is 0 Å². The normalized spacial score (nSPS) is 13.1. The second-order valence-electron chi connectivity index (χ2n) is 4.00. The Morgan fingerprint density at radius 2 is 2.00 bits per heavy atom. The molecule has 0 rings (SSSR count). The van der Waals surface area contributed by atoms with Crippen LogP contribution in [0.25, 0.3) is 0 Å². The monoisotopic (exact) mass is 217 g/mol. The molecule has 0 aliphatic carbocycles. The topological polar surface area (TPSA) is 12.0 Å². The predicted octanol–water partition coefficient (Wildman–Crippen LogP) is 3.55. The standard InChI is InChI=1S/C12H27NS/c1-4-9-13-11-12(3)8-6-7-10-14-5-2/h12-13H,4-11H2,1-3H3. The van der Waals surface area contributed by atoms with Crippen LogP contribution in [0.5, 0.6) is 0 Å². The van der Waals surface area contributed by atoms with E-state index in [2.05, 4.69) is 37.8 Å². The Labute approximate surface area is 94.4 Å². The van der Waals surface area contributed by atoms with Crippen molar-refractivity contribution in [2.75, 3.05) is 24.6 Å². The maximum atomic E-state index is 3.48. The largest absolute Gasteiger partial charge is 0.316 e. The molecule has 0 radical (unpaired) electrons. The van der Waals surface area contributed by atoms with E-state index in [1.54, 1.807) is 0 Å². The summed E-state index contributed by atoms with van der Waals surface area (Å²) in [6.45, 7) is 9.20. The van der Waals surface area contributed by atoms with Crippen LogP contribution in [0.1, 0.15) is 46.5 Å². The summed E-state index contributed by atoms with van der Waals surface area (Å²) in [5.41, 5.74) is 0. The molecule has 0 saturated carbocycles. The van der Waals surface area contributed by atoms with Gasteiger partial charge in [0.1, 0.15) is 0 Å². The summed E-state index contributed by atoms with van der Waals surface area (Å²) in [6, 6.07) is 0. The highest BCUT2D eigenvalue weighted by atomic mass is 32.2. The molecular formula is C12H27NS. The maximum Gasteiger partial charge on any atom is -0.00232 e. The van der Waals surface area contributed by atoms with Gasteiger partial charge in [0.05, 0.1) is 0 Å². The highest BCUT2D eigenvalue weighted by molar-refractivity contribution is 7.99. The van der Waals surface area contributed by atoms with Gasteiger partial charge in [0.2, 0.25) is 0 Å². The van der Waals surface area contributed by atoms with E-state index in [1.165, 1.54) is 50.3 Å². The maximum absolute atomic E-state index is 3.48. The van der Waals surface area contributed by atoms with Gasteiger partial charge in [-0.3, -0.25) is 0 Å².